The molecule has 0 N–H and O–H groups in total. The molecule has 0 spiro atoms. The summed E-state index contributed by atoms with van der Waals surface area (Å²) in [5.41, 5.74) is 3.88. The Hall–Kier alpha value is -2.13. The Labute approximate surface area is 185 Å². The van der Waals surface area contributed by atoms with Gasteiger partial charge in [0.05, 0.1) is 5.56 Å². The van der Waals surface area contributed by atoms with E-state index in [2.05, 4.69) is 24.0 Å². The van der Waals surface area contributed by atoms with Crippen molar-refractivity contribution in [1.29, 1.82) is 0 Å². The Morgan fingerprint density at radius 1 is 1.06 bits per heavy atom. The summed E-state index contributed by atoms with van der Waals surface area (Å²) in [4.78, 5) is 15.5. The third-order valence-electron chi connectivity index (χ3n) is 8.90. The first-order valence-corrected chi connectivity index (χ1v) is 12.3. The quantitative estimate of drug-likeness (QED) is 0.469. The maximum Gasteiger partial charge on any atom is 0.343 e. The fourth-order valence-electron chi connectivity index (χ4n) is 7.17. The van der Waals surface area contributed by atoms with E-state index in [1.54, 1.807) is 0 Å². The Bertz CT molecular complexity index is 982. The van der Waals surface area contributed by atoms with Crippen LogP contribution < -0.4 is 4.74 Å². The van der Waals surface area contributed by atoms with Gasteiger partial charge in [-0.3, -0.25) is 4.90 Å². The maximum atomic E-state index is 12.6. The number of nitrogens with zero attached hydrogens (tertiary/aromatic N) is 1. The first-order valence-electron chi connectivity index (χ1n) is 12.3. The van der Waals surface area contributed by atoms with Crippen molar-refractivity contribution < 1.29 is 9.53 Å². The van der Waals surface area contributed by atoms with E-state index >= 15 is 0 Å². The highest BCUT2D eigenvalue weighted by Gasteiger charge is 2.55. The van der Waals surface area contributed by atoms with Crippen LogP contribution in [0.25, 0.3) is 0 Å². The lowest BCUT2D eigenvalue weighted by Gasteiger charge is -2.60. The molecule has 2 saturated carbocycles. The molecule has 1 unspecified atom stereocenters. The Morgan fingerprint density at radius 2 is 1.90 bits per heavy atom. The molecule has 2 aromatic carbocycles. The molecule has 0 amide bonds. The van der Waals surface area contributed by atoms with Gasteiger partial charge in [0.15, 0.2) is 0 Å². The van der Waals surface area contributed by atoms with Crippen LogP contribution in [0.4, 0.5) is 0 Å². The van der Waals surface area contributed by atoms with Crippen molar-refractivity contribution in [3.8, 4) is 5.75 Å². The number of ether oxygens (including phenoxy) is 1. The Kier molecular flexibility index (Phi) is 4.72. The fraction of sp³-hybridized carbons (Fsp3) is 0.536. The molecule has 4 aliphatic rings. The van der Waals surface area contributed by atoms with Crippen molar-refractivity contribution in [3.63, 3.8) is 0 Å². The monoisotopic (exact) mass is 415 g/mol. The van der Waals surface area contributed by atoms with Gasteiger partial charge in [0.25, 0.3) is 0 Å². The van der Waals surface area contributed by atoms with E-state index in [0.29, 0.717) is 17.4 Å². The minimum absolute atomic E-state index is 0.264. The Balaban J connectivity index is 1.33. The van der Waals surface area contributed by atoms with Gasteiger partial charge in [0.1, 0.15) is 5.75 Å². The molecule has 0 aromatic heterocycles. The third-order valence-corrected chi connectivity index (χ3v) is 8.90. The minimum atomic E-state index is -0.264. The zero-order chi connectivity index (χ0) is 21.0. The van der Waals surface area contributed by atoms with Crippen molar-refractivity contribution in [3.05, 3.63) is 65.2 Å². The van der Waals surface area contributed by atoms with Crippen LogP contribution in [-0.2, 0) is 11.8 Å². The molecule has 3 heteroatoms. The van der Waals surface area contributed by atoms with Crippen LogP contribution in [-0.4, -0.2) is 29.5 Å². The maximum absolute atomic E-state index is 12.6. The second kappa shape index (κ2) is 7.48. The number of hydrogen-bond donors (Lipinski definition) is 0. The number of rotatable bonds is 4. The second-order valence-corrected chi connectivity index (χ2v) is 10.4. The number of carbonyl (C=O) groups is 1. The number of likely N-dealkylation sites (tertiary alicyclic amines) is 1. The molecule has 2 aromatic rings. The van der Waals surface area contributed by atoms with Gasteiger partial charge in [-0.2, -0.15) is 0 Å². The molecule has 2 bridgehead atoms. The average Bonchev–Trinajstić information content (AvgIpc) is 3.65. The number of esters is 1. The molecular formula is C28H33NO2. The third kappa shape index (κ3) is 3.24. The summed E-state index contributed by atoms with van der Waals surface area (Å²) in [6.45, 7) is 3.71. The molecule has 3 aliphatic carbocycles. The van der Waals surface area contributed by atoms with Gasteiger partial charge in [-0.05, 0) is 99.2 Å². The molecule has 31 heavy (non-hydrogen) atoms. The Morgan fingerprint density at radius 3 is 2.71 bits per heavy atom. The van der Waals surface area contributed by atoms with E-state index < -0.39 is 0 Å². The topological polar surface area (TPSA) is 29.5 Å². The SMILES string of the molecule is CC(C1CC1)N1CC[C@]23CCCC[C@H]2[C@H]1Cc1ccc(OC(=O)c2ccccc2)cc13. The van der Waals surface area contributed by atoms with E-state index in [9.17, 15) is 4.79 Å². The van der Waals surface area contributed by atoms with Gasteiger partial charge < -0.3 is 4.74 Å². The van der Waals surface area contributed by atoms with Gasteiger partial charge in [-0.25, -0.2) is 4.79 Å². The van der Waals surface area contributed by atoms with Crippen LogP contribution in [0.3, 0.4) is 0 Å². The molecule has 0 radical (unpaired) electrons. The number of benzene rings is 2. The average molecular weight is 416 g/mol. The zero-order valence-corrected chi connectivity index (χ0v) is 18.6. The summed E-state index contributed by atoms with van der Waals surface area (Å²) in [5.74, 6) is 2.12. The highest BCUT2D eigenvalue weighted by atomic mass is 16.5. The predicted molar refractivity (Wildman–Crippen MR) is 122 cm³/mol. The van der Waals surface area contributed by atoms with Crippen molar-refractivity contribution in [2.75, 3.05) is 6.54 Å². The number of piperidine rings is 1. The largest absolute Gasteiger partial charge is 0.423 e. The summed E-state index contributed by atoms with van der Waals surface area (Å²) in [6, 6.07) is 17.2. The molecule has 4 atom stereocenters. The lowest BCUT2D eigenvalue weighted by molar-refractivity contribution is -0.0343. The van der Waals surface area contributed by atoms with E-state index in [-0.39, 0.29) is 11.4 Å². The lowest BCUT2D eigenvalue weighted by Crippen LogP contribution is -2.62. The summed E-state index contributed by atoms with van der Waals surface area (Å²) in [5, 5.41) is 0. The molecule has 6 rings (SSSR count). The first kappa shape index (κ1) is 19.5. The summed E-state index contributed by atoms with van der Waals surface area (Å²) < 4.78 is 5.83. The van der Waals surface area contributed by atoms with E-state index in [1.165, 1.54) is 62.6 Å². The normalized spacial score (nSPS) is 30.7. The van der Waals surface area contributed by atoms with Crippen LogP contribution in [0, 0.1) is 11.8 Å². The molecule has 162 valence electrons. The smallest absolute Gasteiger partial charge is 0.343 e. The lowest BCUT2D eigenvalue weighted by atomic mass is 9.52. The number of fused-ring (bicyclic) bond motifs is 1. The van der Waals surface area contributed by atoms with Crippen LogP contribution in [0.5, 0.6) is 5.75 Å². The van der Waals surface area contributed by atoms with Gasteiger partial charge in [0.2, 0.25) is 0 Å². The predicted octanol–water partition coefficient (Wildman–Crippen LogP) is 5.76. The minimum Gasteiger partial charge on any atom is -0.423 e. The first-order chi connectivity index (χ1) is 15.2. The highest BCUT2D eigenvalue weighted by Crippen LogP contribution is 2.57. The fourth-order valence-corrected chi connectivity index (χ4v) is 7.17. The van der Waals surface area contributed by atoms with Crippen molar-refractivity contribution >= 4 is 5.97 Å². The summed E-state index contributed by atoms with van der Waals surface area (Å²) in [7, 11) is 0. The molecule has 1 aliphatic heterocycles. The van der Waals surface area contributed by atoms with Crippen molar-refractivity contribution in [2.45, 2.75) is 75.8 Å². The zero-order valence-electron chi connectivity index (χ0n) is 18.6. The number of carbonyl (C=O) groups excluding carboxylic acids is 1. The number of hydrogen-bond acceptors (Lipinski definition) is 3. The van der Waals surface area contributed by atoms with Crippen LogP contribution >= 0.6 is 0 Å². The van der Waals surface area contributed by atoms with Gasteiger partial charge in [0, 0.05) is 17.5 Å². The van der Waals surface area contributed by atoms with Gasteiger partial charge in [-0.1, -0.05) is 37.1 Å². The van der Waals surface area contributed by atoms with Crippen molar-refractivity contribution in [1.82, 2.24) is 4.90 Å². The van der Waals surface area contributed by atoms with E-state index in [4.69, 9.17) is 4.74 Å². The highest BCUT2D eigenvalue weighted by molar-refractivity contribution is 5.91. The van der Waals surface area contributed by atoms with Crippen LogP contribution in [0.1, 0.15) is 73.4 Å². The van der Waals surface area contributed by atoms with Crippen molar-refractivity contribution in [2.24, 2.45) is 11.8 Å². The van der Waals surface area contributed by atoms with E-state index in [0.717, 1.165) is 24.3 Å². The van der Waals surface area contributed by atoms with Crippen LogP contribution in [0.15, 0.2) is 48.5 Å². The molecule has 1 heterocycles. The molecule has 1 saturated heterocycles. The van der Waals surface area contributed by atoms with Crippen LogP contribution in [0.2, 0.25) is 0 Å². The van der Waals surface area contributed by atoms with E-state index in [1.807, 2.05) is 36.4 Å². The van der Waals surface area contributed by atoms with Gasteiger partial charge >= 0.3 is 5.97 Å². The second-order valence-electron chi connectivity index (χ2n) is 10.4. The molecular weight excluding hydrogens is 382 g/mol. The summed E-state index contributed by atoms with van der Waals surface area (Å²) >= 11 is 0. The standard InChI is InChI=1S/C28H33NO2/c1-19(20-10-11-20)29-16-15-28-14-6-5-9-24(28)26(29)17-22-12-13-23(18-25(22)28)31-27(30)21-7-3-2-4-8-21/h2-4,7-8,12-13,18-20,24,26H,5-6,9-11,14-17H2,1H3/t19?,24-,26+,28+/m0/s1. The summed E-state index contributed by atoms with van der Waals surface area (Å²) in [6.07, 6.45) is 10.6. The molecule has 3 nitrogen and oxygen atoms in total. The molecule has 3 fully saturated rings. The van der Waals surface area contributed by atoms with Gasteiger partial charge in [-0.15, -0.1) is 0 Å².